The summed E-state index contributed by atoms with van der Waals surface area (Å²) >= 11 is 1.89. The molecule has 1 aromatic rings. The van der Waals surface area contributed by atoms with Crippen LogP contribution in [-0.2, 0) is 17.6 Å². The first-order chi connectivity index (χ1) is 7.65. The van der Waals surface area contributed by atoms with Crippen LogP contribution in [0.3, 0.4) is 0 Å². The van der Waals surface area contributed by atoms with E-state index in [0.717, 1.165) is 25.7 Å². The Balaban J connectivity index is 2.30. The molecule has 1 rings (SSSR count). The fraction of sp³-hybridized carbons (Fsp3) is 0.692. The maximum absolute atomic E-state index is 6.11. The number of thiophene rings is 1. The lowest BCUT2D eigenvalue weighted by atomic mass is 10.1. The molecular formula is C13H23NOS. The number of rotatable bonds is 7. The van der Waals surface area contributed by atoms with Crippen LogP contribution in [0.2, 0.25) is 0 Å². The van der Waals surface area contributed by atoms with E-state index in [1.165, 1.54) is 9.75 Å². The van der Waals surface area contributed by atoms with Crippen LogP contribution in [0.4, 0.5) is 0 Å². The largest absolute Gasteiger partial charge is 0.382 e. The van der Waals surface area contributed by atoms with Gasteiger partial charge in [0.25, 0.3) is 0 Å². The van der Waals surface area contributed by atoms with Gasteiger partial charge in [-0.05, 0) is 44.7 Å². The maximum atomic E-state index is 6.11. The van der Waals surface area contributed by atoms with E-state index in [1.54, 1.807) is 7.11 Å². The van der Waals surface area contributed by atoms with Crippen molar-refractivity contribution in [3.63, 3.8) is 0 Å². The molecule has 2 N–H and O–H groups in total. The van der Waals surface area contributed by atoms with Gasteiger partial charge in [0.05, 0.1) is 6.10 Å². The van der Waals surface area contributed by atoms with Crippen LogP contribution in [-0.4, -0.2) is 19.3 Å². The van der Waals surface area contributed by atoms with Crippen LogP contribution in [0.15, 0.2) is 12.1 Å². The van der Waals surface area contributed by atoms with Gasteiger partial charge >= 0.3 is 0 Å². The molecule has 1 heterocycles. The summed E-state index contributed by atoms with van der Waals surface area (Å²) in [5, 5.41) is 0. The lowest BCUT2D eigenvalue weighted by Crippen LogP contribution is -2.24. The van der Waals surface area contributed by atoms with Gasteiger partial charge in [0.1, 0.15) is 0 Å². The second-order valence-corrected chi connectivity index (χ2v) is 5.56. The van der Waals surface area contributed by atoms with Crippen molar-refractivity contribution in [1.29, 1.82) is 0 Å². The van der Waals surface area contributed by atoms with Crippen LogP contribution in [0.5, 0.6) is 0 Å². The summed E-state index contributed by atoms with van der Waals surface area (Å²) in [4.78, 5) is 2.86. The van der Waals surface area contributed by atoms with Gasteiger partial charge in [-0.15, -0.1) is 11.3 Å². The SMILES string of the molecule is CCc1ccc(CC(N)CCC(C)OC)s1. The van der Waals surface area contributed by atoms with E-state index in [4.69, 9.17) is 10.5 Å². The Bertz CT molecular complexity index is 298. The lowest BCUT2D eigenvalue weighted by Gasteiger charge is -2.13. The number of methoxy groups -OCH3 is 1. The van der Waals surface area contributed by atoms with Crippen molar-refractivity contribution in [1.82, 2.24) is 0 Å². The molecule has 1 aromatic heterocycles. The number of hydrogen-bond donors (Lipinski definition) is 1. The Morgan fingerprint density at radius 2 is 2.00 bits per heavy atom. The highest BCUT2D eigenvalue weighted by atomic mass is 32.1. The Kier molecular flexibility index (Phi) is 6.03. The summed E-state index contributed by atoms with van der Waals surface area (Å²) in [6.07, 6.45) is 4.53. The zero-order chi connectivity index (χ0) is 12.0. The third-order valence-electron chi connectivity index (χ3n) is 2.88. The Hall–Kier alpha value is -0.380. The highest BCUT2D eigenvalue weighted by Gasteiger charge is 2.08. The first kappa shape index (κ1) is 13.7. The second kappa shape index (κ2) is 7.05. The van der Waals surface area contributed by atoms with Crippen LogP contribution in [0.1, 0.15) is 36.4 Å². The third-order valence-corrected chi connectivity index (χ3v) is 4.13. The molecule has 0 aliphatic carbocycles. The number of nitrogens with two attached hydrogens (primary N) is 1. The van der Waals surface area contributed by atoms with Gasteiger partial charge in [0.15, 0.2) is 0 Å². The molecule has 0 saturated carbocycles. The zero-order valence-electron chi connectivity index (χ0n) is 10.5. The minimum absolute atomic E-state index is 0.265. The normalized spacial score (nSPS) is 15.0. The van der Waals surface area contributed by atoms with Crippen LogP contribution < -0.4 is 5.73 Å². The first-order valence-electron chi connectivity index (χ1n) is 6.01. The average Bonchev–Trinajstić information content (AvgIpc) is 2.73. The van der Waals surface area contributed by atoms with E-state index < -0.39 is 0 Å². The van der Waals surface area contributed by atoms with Crippen molar-refractivity contribution in [2.75, 3.05) is 7.11 Å². The molecule has 0 amide bonds. The van der Waals surface area contributed by atoms with Crippen LogP contribution in [0, 0.1) is 0 Å². The van der Waals surface area contributed by atoms with Gasteiger partial charge in [-0.2, -0.15) is 0 Å². The maximum Gasteiger partial charge on any atom is 0.0543 e. The van der Waals surface area contributed by atoms with Crippen LogP contribution in [0.25, 0.3) is 0 Å². The smallest absolute Gasteiger partial charge is 0.0543 e. The highest BCUT2D eigenvalue weighted by molar-refractivity contribution is 7.11. The molecule has 0 bridgehead atoms. The second-order valence-electron chi connectivity index (χ2n) is 4.31. The summed E-state index contributed by atoms with van der Waals surface area (Å²) < 4.78 is 5.22. The van der Waals surface area contributed by atoms with Gasteiger partial charge < -0.3 is 10.5 Å². The van der Waals surface area contributed by atoms with E-state index in [9.17, 15) is 0 Å². The predicted molar refractivity (Wildman–Crippen MR) is 71.1 cm³/mol. The summed E-state index contributed by atoms with van der Waals surface area (Å²) in [7, 11) is 1.75. The fourth-order valence-electron chi connectivity index (χ4n) is 1.65. The van der Waals surface area contributed by atoms with Crippen molar-refractivity contribution in [3.8, 4) is 0 Å². The molecule has 0 saturated heterocycles. The molecule has 0 aliphatic rings. The molecule has 92 valence electrons. The lowest BCUT2D eigenvalue weighted by molar-refractivity contribution is 0.107. The van der Waals surface area contributed by atoms with Crippen LogP contribution >= 0.6 is 11.3 Å². The number of ether oxygens (including phenoxy) is 1. The summed E-state index contributed by atoms with van der Waals surface area (Å²) in [6, 6.07) is 4.69. The molecule has 0 radical (unpaired) electrons. The van der Waals surface area contributed by atoms with Crippen molar-refractivity contribution in [2.24, 2.45) is 5.73 Å². The number of aryl methyl sites for hydroxylation is 1. The monoisotopic (exact) mass is 241 g/mol. The summed E-state index contributed by atoms with van der Waals surface area (Å²) in [5.41, 5.74) is 6.11. The summed E-state index contributed by atoms with van der Waals surface area (Å²) in [6.45, 7) is 4.28. The van der Waals surface area contributed by atoms with Crippen molar-refractivity contribution >= 4 is 11.3 Å². The van der Waals surface area contributed by atoms with Gasteiger partial charge in [-0.25, -0.2) is 0 Å². The summed E-state index contributed by atoms with van der Waals surface area (Å²) in [5.74, 6) is 0. The predicted octanol–water partition coefficient (Wildman–Crippen LogP) is 3.00. The average molecular weight is 241 g/mol. The van der Waals surface area contributed by atoms with Crippen molar-refractivity contribution in [2.45, 2.75) is 51.7 Å². The molecule has 2 unspecified atom stereocenters. The highest BCUT2D eigenvalue weighted by Crippen LogP contribution is 2.19. The van der Waals surface area contributed by atoms with E-state index in [2.05, 4.69) is 26.0 Å². The minimum atomic E-state index is 0.265. The number of hydrogen-bond acceptors (Lipinski definition) is 3. The van der Waals surface area contributed by atoms with Gasteiger partial charge in [0.2, 0.25) is 0 Å². The fourth-order valence-corrected chi connectivity index (χ4v) is 2.70. The molecule has 3 heteroatoms. The Morgan fingerprint density at radius 3 is 2.56 bits per heavy atom. The van der Waals surface area contributed by atoms with Crippen molar-refractivity contribution < 1.29 is 4.74 Å². The Labute approximate surface area is 103 Å². The first-order valence-corrected chi connectivity index (χ1v) is 6.83. The van der Waals surface area contributed by atoms with Crippen molar-refractivity contribution in [3.05, 3.63) is 21.9 Å². The third kappa shape index (κ3) is 4.64. The zero-order valence-corrected chi connectivity index (χ0v) is 11.3. The van der Waals surface area contributed by atoms with E-state index in [1.807, 2.05) is 11.3 Å². The van der Waals surface area contributed by atoms with E-state index in [0.29, 0.717) is 6.10 Å². The minimum Gasteiger partial charge on any atom is -0.382 e. The molecule has 2 atom stereocenters. The van der Waals surface area contributed by atoms with Gasteiger partial charge in [0, 0.05) is 22.9 Å². The molecule has 0 aromatic carbocycles. The Morgan fingerprint density at radius 1 is 1.31 bits per heavy atom. The molecular weight excluding hydrogens is 218 g/mol. The molecule has 0 spiro atoms. The molecule has 16 heavy (non-hydrogen) atoms. The standard InChI is InChI=1S/C13H23NOS/c1-4-12-7-8-13(16-12)9-11(14)6-5-10(2)15-3/h7-8,10-11H,4-6,9,14H2,1-3H3. The topological polar surface area (TPSA) is 35.2 Å². The van der Waals surface area contributed by atoms with Gasteiger partial charge in [-0.1, -0.05) is 6.92 Å². The van der Waals surface area contributed by atoms with Gasteiger partial charge in [-0.3, -0.25) is 0 Å². The molecule has 2 nitrogen and oxygen atoms in total. The molecule has 0 fully saturated rings. The van der Waals surface area contributed by atoms with E-state index >= 15 is 0 Å². The quantitative estimate of drug-likeness (QED) is 0.796. The molecule has 0 aliphatic heterocycles. The van der Waals surface area contributed by atoms with E-state index in [-0.39, 0.29) is 6.04 Å².